The van der Waals surface area contributed by atoms with Gasteiger partial charge in [-0.25, -0.2) is 9.59 Å². The topological polar surface area (TPSA) is 76.7 Å². The summed E-state index contributed by atoms with van der Waals surface area (Å²) in [7, 11) is 1.33. The fourth-order valence-electron chi connectivity index (χ4n) is 3.22. The molecule has 2 N–H and O–H groups in total. The normalized spacial score (nSPS) is 16.3. The Morgan fingerprint density at radius 1 is 1.17 bits per heavy atom. The number of ether oxygens (including phenoxy) is 2. The van der Waals surface area contributed by atoms with Crippen LogP contribution in [0.3, 0.4) is 0 Å². The van der Waals surface area contributed by atoms with Crippen molar-refractivity contribution in [2.45, 2.75) is 26.5 Å². The quantitative estimate of drug-likeness (QED) is 0.626. The van der Waals surface area contributed by atoms with Crippen molar-refractivity contribution >= 4 is 27.9 Å². The summed E-state index contributed by atoms with van der Waals surface area (Å²) in [6, 6.07) is 14.2. The summed E-state index contributed by atoms with van der Waals surface area (Å²) >= 11 is 3.48. The van der Waals surface area contributed by atoms with Gasteiger partial charge in [-0.1, -0.05) is 60.1 Å². The Hall–Kier alpha value is -2.80. The van der Waals surface area contributed by atoms with Crippen LogP contribution in [0.15, 0.2) is 64.3 Å². The van der Waals surface area contributed by atoms with Gasteiger partial charge in [-0.15, -0.1) is 0 Å². The standard InChI is InChI=1S/C22H23BrN2O4/c1-13(2)19-18(21(26)28-3)20(25-22(27)24-19)16-11-15(23)9-10-17(16)29-12-14-7-5-4-6-8-14/h4-11,13,20H,12H2,1-3H3,(H2,24,25,27). The predicted molar refractivity (Wildman–Crippen MR) is 113 cm³/mol. The number of halogens is 1. The number of esters is 1. The van der Waals surface area contributed by atoms with Crippen LogP contribution < -0.4 is 15.4 Å². The summed E-state index contributed by atoms with van der Waals surface area (Å²) in [4.78, 5) is 25.0. The van der Waals surface area contributed by atoms with Crippen molar-refractivity contribution in [3.8, 4) is 5.75 Å². The third-order valence-corrected chi connectivity index (χ3v) is 5.10. The number of methoxy groups -OCH3 is 1. The lowest BCUT2D eigenvalue weighted by molar-refractivity contribution is -0.136. The Balaban J connectivity index is 2.04. The van der Waals surface area contributed by atoms with Crippen molar-refractivity contribution < 1.29 is 19.1 Å². The molecule has 29 heavy (non-hydrogen) atoms. The molecule has 3 rings (SSSR count). The highest BCUT2D eigenvalue weighted by Crippen LogP contribution is 2.37. The lowest BCUT2D eigenvalue weighted by Crippen LogP contribution is -2.47. The van der Waals surface area contributed by atoms with Crippen molar-refractivity contribution in [3.05, 3.63) is 75.4 Å². The van der Waals surface area contributed by atoms with E-state index in [4.69, 9.17) is 9.47 Å². The third-order valence-electron chi connectivity index (χ3n) is 4.61. The molecular formula is C22H23BrN2O4. The number of carbonyl (C=O) groups excluding carboxylic acids is 2. The molecule has 152 valence electrons. The number of hydrogen-bond donors (Lipinski definition) is 2. The van der Waals surface area contributed by atoms with E-state index >= 15 is 0 Å². The van der Waals surface area contributed by atoms with Crippen LogP contribution in [0.25, 0.3) is 0 Å². The molecule has 0 fully saturated rings. The van der Waals surface area contributed by atoms with Gasteiger partial charge in [-0.3, -0.25) is 0 Å². The highest BCUT2D eigenvalue weighted by Gasteiger charge is 2.36. The van der Waals surface area contributed by atoms with Gasteiger partial charge in [0, 0.05) is 15.7 Å². The van der Waals surface area contributed by atoms with Gasteiger partial charge < -0.3 is 20.1 Å². The summed E-state index contributed by atoms with van der Waals surface area (Å²) < 4.78 is 11.9. The smallest absolute Gasteiger partial charge is 0.337 e. The zero-order valence-electron chi connectivity index (χ0n) is 16.5. The van der Waals surface area contributed by atoms with Crippen LogP contribution in [0, 0.1) is 5.92 Å². The molecule has 0 bridgehead atoms. The molecule has 0 aliphatic carbocycles. The van der Waals surface area contributed by atoms with E-state index in [2.05, 4.69) is 26.6 Å². The van der Waals surface area contributed by atoms with Crippen LogP contribution in [0.5, 0.6) is 5.75 Å². The van der Waals surface area contributed by atoms with E-state index in [1.807, 2.05) is 62.4 Å². The first-order valence-corrected chi connectivity index (χ1v) is 10.1. The maximum atomic E-state index is 12.6. The Bertz CT molecular complexity index is 941. The zero-order valence-corrected chi connectivity index (χ0v) is 18.1. The largest absolute Gasteiger partial charge is 0.489 e. The van der Waals surface area contributed by atoms with Crippen molar-refractivity contribution in [2.24, 2.45) is 5.92 Å². The molecule has 0 spiro atoms. The van der Waals surface area contributed by atoms with E-state index in [0.29, 0.717) is 29.2 Å². The van der Waals surface area contributed by atoms with E-state index in [1.54, 1.807) is 0 Å². The second kappa shape index (κ2) is 9.13. The minimum atomic E-state index is -0.697. The highest BCUT2D eigenvalue weighted by atomic mass is 79.9. The molecule has 1 unspecified atom stereocenters. The molecule has 1 aliphatic heterocycles. The van der Waals surface area contributed by atoms with Crippen LogP contribution in [0.2, 0.25) is 0 Å². The number of hydrogen-bond acceptors (Lipinski definition) is 4. The number of carbonyl (C=O) groups is 2. The molecule has 1 heterocycles. The average Bonchev–Trinajstić information content (AvgIpc) is 2.72. The van der Waals surface area contributed by atoms with E-state index < -0.39 is 12.0 Å². The SMILES string of the molecule is COC(=O)C1=C(C(C)C)NC(=O)NC1c1cc(Br)ccc1OCc1ccccc1. The van der Waals surface area contributed by atoms with E-state index in [-0.39, 0.29) is 11.9 Å². The van der Waals surface area contributed by atoms with Gasteiger partial charge in [0.25, 0.3) is 0 Å². The van der Waals surface area contributed by atoms with Gasteiger partial charge in [-0.2, -0.15) is 0 Å². The van der Waals surface area contributed by atoms with Gasteiger partial charge in [0.2, 0.25) is 0 Å². The summed E-state index contributed by atoms with van der Waals surface area (Å²) in [6.07, 6.45) is 0. The first kappa shape index (κ1) is 20.9. The fourth-order valence-corrected chi connectivity index (χ4v) is 3.60. The number of amides is 2. The molecular weight excluding hydrogens is 436 g/mol. The van der Waals surface area contributed by atoms with Crippen LogP contribution in [0.1, 0.15) is 31.0 Å². The Morgan fingerprint density at radius 2 is 1.90 bits per heavy atom. The first-order valence-electron chi connectivity index (χ1n) is 9.26. The molecule has 0 saturated heterocycles. The summed E-state index contributed by atoms with van der Waals surface area (Å²) in [5.41, 5.74) is 2.59. The van der Waals surface area contributed by atoms with Crippen LogP contribution in [0.4, 0.5) is 4.79 Å². The van der Waals surface area contributed by atoms with Gasteiger partial charge >= 0.3 is 12.0 Å². The van der Waals surface area contributed by atoms with Crippen LogP contribution >= 0.6 is 15.9 Å². The van der Waals surface area contributed by atoms with Crippen molar-refractivity contribution in [1.29, 1.82) is 0 Å². The molecule has 0 saturated carbocycles. The lowest BCUT2D eigenvalue weighted by Gasteiger charge is -2.31. The monoisotopic (exact) mass is 458 g/mol. The van der Waals surface area contributed by atoms with Crippen LogP contribution in [-0.4, -0.2) is 19.1 Å². The van der Waals surface area contributed by atoms with E-state index in [9.17, 15) is 9.59 Å². The molecule has 2 aromatic carbocycles. The molecule has 0 radical (unpaired) electrons. The van der Waals surface area contributed by atoms with Gasteiger partial charge in [0.1, 0.15) is 12.4 Å². The van der Waals surface area contributed by atoms with Crippen molar-refractivity contribution in [2.75, 3.05) is 7.11 Å². The summed E-state index contributed by atoms with van der Waals surface area (Å²) in [5.74, 6) is 0.00689. The molecule has 2 aromatic rings. The number of urea groups is 1. The summed E-state index contributed by atoms with van der Waals surface area (Å²) in [6.45, 7) is 4.19. The molecule has 1 atom stereocenters. The predicted octanol–water partition coefficient (Wildman–Crippen LogP) is 4.47. The highest BCUT2D eigenvalue weighted by molar-refractivity contribution is 9.10. The molecule has 6 nitrogen and oxygen atoms in total. The maximum Gasteiger partial charge on any atom is 0.337 e. The van der Waals surface area contributed by atoms with Crippen LogP contribution in [-0.2, 0) is 16.1 Å². The minimum absolute atomic E-state index is 0.0708. The number of benzene rings is 2. The van der Waals surface area contributed by atoms with Crippen molar-refractivity contribution in [1.82, 2.24) is 10.6 Å². The van der Waals surface area contributed by atoms with E-state index in [1.165, 1.54) is 7.11 Å². The lowest BCUT2D eigenvalue weighted by atomic mass is 9.91. The van der Waals surface area contributed by atoms with Crippen molar-refractivity contribution in [3.63, 3.8) is 0 Å². The zero-order chi connectivity index (χ0) is 21.0. The Morgan fingerprint density at radius 3 is 2.55 bits per heavy atom. The molecule has 7 heteroatoms. The first-order chi connectivity index (χ1) is 13.9. The molecule has 2 amide bonds. The third kappa shape index (κ3) is 4.79. The second-order valence-electron chi connectivity index (χ2n) is 6.96. The Labute approximate surface area is 178 Å². The fraction of sp³-hybridized carbons (Fsp3) is 0.273. The van der Waals surface area contributed by atoms with Gasteiger partial charge in [0.05, 0.1) is 18.7 Å². The Kier molecular flexibility index (Phi) is 6.59. The molecule has 0 aromatic heterocycles. The number of nitrogens with one attached hydrogen (secondary N) is 2. The summed E-state index contributed by atoms with van der Waals surface area (Å²) in [5, 5.41) is 5.59. The van der Waals surface area contributed by atoms with Gasteiger partial charge in [0.15, 0.2) is 0 Å². The van der Waals surface area contributed by atoms with Gasteiger partial charge in [-0.05, 0) is 29.7 Å². The number of rotatable bonds is 6. The number of allylic oxidation sites excluding steroid dienone is 1. The second-order valence-corrected chi connectivity index (χ2v) is 7.88. The maximum absolute atomic E-state index is 12.6. The minimum Gasteiger partial charge on any atom is -0.489 e. The molecule has 1 aliphatic rings. The van der Waals surface area contributed by atoms with E-state index in [0.717, 1.165) is 10.0 Å². The average molecular weight is 459 g/mol.